The maximum absolute atomic E-state index is 11.9. The Morgan fingerprint density at radius 2 is 1.92 bits per heavy atom. The van der Waals surface area contributed by atoms with E-state index in [-0.39, 0.29) is 0 Å². The number of ketones is 1. The summed E-state index contributed by atoms with van der Waals surface area (Å²) in [6, 6.07) is 0. The number of hydrogen-bond acceptors (Lipinski definition) is 2. The lowest BCUT2D eigenvalue weighted by atomic mass is 9.46. The van der Waals surface area contributed by atoms with Crippen molar-refractivity contribution in [3.63, 3.8) is 0 Å². The molecule has 24 heavy (non-hydrogen) atoms. The molecule has 3 saturated carbocycles. The fraction of sp³-hybridized carbons (Fsp3) is 0.864. The number of hydrogen-bond donors (Lipinski definition) is 1. The summed E-state index contributed by atoms with van der Waals surface area (Å²) >= 11 is 0. The molecule has 4 rings (SSSR count). The van der Waals surface area contributed by atoms with Gasteiger partial charge in [0.15, 0.2) is 5.78 Å². The molecular weight excluding hydrogens is 296 g/mol. The van der Waals surface area contributed by atoms with Crippen LogP contribution in [0.2, 0.25) is 0 Å². The van der Waals surface area contributed by atoms with Crippen LogP contribution >= 0.6 is 0 Å². The summed E-state index contributed by atoms with van der Waals surface area (Å²) in [4.78, 5) is 11.9. The van der Waals surface area contributed by atoms with Crippen molar-refractivity contribution in [1.82, 2.24) is 0 Å². The van der Waals surface area contributed by atoms with Crippen molar-refractivity contribution in [3.05, 3.63) is 11.6 Å². The molecule has 2 heteroatoms. The highest BCUT2D eigenvalue weighted by atomic mass is 16.3. The Kier molecular flexibility index (Phi) is 3.99. The Hall–Kier alpha value is -0.630. The summed E-state index contributed by atoms with van der Waals surface area (Å²) in [6.07, 6.45) is 11.6. The molecule has 0 bridgehead atoms. The van der Waals surface area contributed by atoms with Gasteiger partial charge >= 0.3 is 0 Å². The molecule has 7 atom stereocenters. The van der Waals surface area contributed by atoms with Crippen LogP contribution in [-0.4, -0.2) is 17.5 Å². The third-order valence-electron chi connectivity index (χ3n) is 9.01. The van der Waals surface area contributed by atoms with Gasteiger partial charge in [-0.2, -0.15) is 0 Å². The van der Waals surface area contributed by atoms with Crippen LogP contribution < -0.4 is 0 Å². The number of aliphatic hydroxyl groups is 1. The van der Waals surface area contributed by atoms with Crippen LogP contribution in [0.1, 0.15) is 72.1 Å². The smallest absolute Gasteiger partial charge is 0.155 e. The second-order valence-corrected chi connectivity index (χ2v) is 9.86. The molecule has 0 aliphatic heterocycles. The quantitative estimate of drug-likeness (QED) is 0.792. The molecule has 1 N–H and O–H groups in total. The zero-order valence-corrected chi connectivity index (χ0v) is 15.7. The van der Waals surface area contributed by atoms with Crippen molar-refractivity contribution >= 4 is 5.78 Å². The maximum atomic E-state index is 11.9. The van der Waals surface area contributed by atoms with E-state index in [2.05, 4.69) is 20.8 Å². The van der Waals surface area contributed by atoms with E-state index in [4.69, 9.17) is 0 Å². The van der Waals surface area contributed by atoms with Gasteiger partial charge in [0, 0.05) is 13.0 Å². The van der Waals surface area contributed by atoms with Crippen LogP contribution in [0.4, 0.5) is 0 Å². The van der Waals surface area contributed by atoms with E-state index in [1.54, 1.807) is 0 Å². The molecule has 0 spiro atoms. The average molecular weight is 331 g/mol. The first-order chi connectivity index (χ1) is 11.4. The fourth-order valence-electron chi connectivity index (χ4n) is 7.66. The number of fused-ring (bicyclic) bond motifs is 5. The van der Waals surface area contributed by atoms with Gasteiger partial charge in [-0.25, -0.2) is 0 Å². The first-order valence-corrected chi connectivity index (χ1v) is 10.2. The van der Waals surface area contributed by atoms with Crippen molar-refractivity contribution in [3.8, 4) is 0 Å². The number of rotatable bonds is 2. The third kappa shape index (κ3) is 2.21. The Morgan fingerprint density at radius 1 is 1.12 bits per heavy atom. The molecule has 134 valence electrons. The highest BCUT2D eigenvalue weighted by Gasteiger charge is 2.59. The summed E-state index contributed by atoms with van der Waals surface area (Å²) in [5.74, 6) is 3.97. The van der Waals surface area contributed by atoms with Gasteiger partial charge in [-0.05, 0) is 91.4 Å². The largest absolute Gasteiger partial charge is 0.396 e. The molecule has 4 aliphatic carbocycles. The molecule has 0 aromatic rings. The molecule has 0 heterocycles. The minimum atomic E-state index is 0.291. The van der Waals surface area contributed by atoms with Crippen LogP contribution in [-0.2, 0) is 4.79 Å². The minimum absolute atomic E-state index is 0.291. The van der Waals surface area contributed by atoms with Crippen LogP contribution in [0.3, 0.4) is 0 Å². The van der Waals surface area contributed by atoms with Gasteiger partial charge in [0.2, 0.25) is 0 Å². The van der Waals surface area contributed by atoms with Gasteiger partial charge in [0.25, 0.3) is 0 Å². The van der Waals surface area contributed by atoms with Crippen LogP contribution in [0.5, 0.6) is 0 Å². The van der Waals surface area contributed by atoms with Crippen molar-refractivity contribution < 1.29 is 9.90 Å². The summed E-state index contributed by atoms with van der Waals surface area (Å²) < 4.78 is 0. The normalized spacial score (nSPS) is 49.0. The number of aliphatic hydroxyl groups excluding tert-OH is 1. The van der Waals surface area contributed by atoms with Gasteiger partial charge in [0.05, 0.1) is 0 Å². The van der Waals surface area contributed by atoms with E-state index in [1.165, 1.54) is 37.7 Å². The molecule has 0 amide bonds. The summed E-state index contributed by atoms with van der Waals surface area (Å²) in [5, 5.41) is 9.71. The maximum Gasteiger partial charge on any atom is 0.155 e. The Balaban J connectivity index is 1.63. The highest BCUT2D eigenvalue weighted by molar-refractivity contribution is 5.91. The van der Waals surface area contributed by atoms with Crippen LogP contribution in [0, 0.1) is 40.4 Å². The first-order valence-electron chi connectivity index (χ1n) is 10.2. The molecule has 3 fully saturated rings. The van der Waals surface area contributed by atoms with E-state index in [1.807, 2.05) is 6.08 Å². The molecule has 0 radical (unpaired) electrons. The van der Waals surface area contributed by atoms with Crippen molar-refractivity contribution in [2.45, 2.75) is 72.1 Å². The van der Waals surface area contributed by atoms with Crippen molar-refractivity contribution in [2.75, 3.05) is 6.61 Å². The van der Waals surface area contributed by atoms with E-state index in [9.17, 15) is 9.90 Å². The average Bonchev–Trinajstić information content (AvgIpc) is 2.92. The second-order valence-electron chi connectivity index (χ2n) is 9.86. The molecule has 4 unspecified atom stereocenters. The van der Waals surface area contributed by atoms with E-state index in [0.29, 0.717) is 35.1 Å². The predicted octanol–water partition coefficient (Wildman–Crippen LogP) is 4.76. The molecule has 0 saturated heterocycles. The van der Waals surface area contributed by atoms with E-state index < -0.39 is 0 Å². The Labute approximate surface area is 147 Å². The first kappa shape index (κ1) is 16.8. The lowest BCUT2D eigenvalue weighted by Gasteiger charge is -2.58. The van der Waals surface area contributed by atoms with Gasteiger partial charge in [-0.1, -0.05) is 26.3 Å². The van der Waals surface area contributed by atoms with Gasteiger partial charge in [0.1, 0.15) is 0 Å². The molecule has 0 aromatic carbocycles. The van der Waals surface area contributed by atoms with Crippen LogP contribution in [0.15, 0.2) is 11.6 Å². The zero-order valence-electron chi connectivity index (χ0n) is 15.7. The van der Waals surface area contributed by atoms with Gasteiger partial charge in [-0.3, -0.25) is 4.79 Å². The van der Waals surface area contributed by atoms with E-state index in [0.717, 1.165) is 37.0 Å². The molecule has 0 aromatic heterocycles. The zero-order chi connectivity index (χ0) is 17.1. The highest BCUT2D eigenvalue weighted by Crippen LogP contribution is 2.67. The minimum Gasteiger partial charge on any atom is -0.396 e. The SMILES string of the molecule is C[C@H](CO)C1CCC2C3CCC4=CC(=O)CC[C@]4(C)C3CC[C@@]21C. The van der Waals surface area contributed by atoms with Gasteiger partial charge < -0.3 is 5.11 Å². The lowest BCUT2D eigenvalue weighted by molar-refractivity contribution is -0.117. The Bertz CT molecular complexity index is 564. The molecule has 4 aliphatic rings. The molecule has 2 nitrogen and oxygen atoms in total. The van der Waals surface area contributed by atoms with Gasteiger partial charge in [-0.15, -0.1) is 0 Å². The Morgan fingerprint density at radius 3 is 2.67 bits per heavy atom. The summed E-state index contributed by atoms with van der Waals surface area (Å²) in [6.45, 7) is 7.59. The third-order valence-corrected chi connectivity index (χ3v) is 9.01. The standard InChI is InChI=1S/C22H34O2/c1-14(13-23)18-6-7-19-17-5-4-15-12-16(24)8-10-21(15,2)20(17)9-11-22(18,19)3/h12,14,17-20,23H,4-11,13H2,1-3H3/t14-,17?,18?,19?,20?,21+,22-/m1/s1. The fourth-order valence-corrected chi connectivity index (χ4v) is 7.66. The van der Waals surface area contributed by atoms with Crippen molar-refractivity contribution in [1.29, 1.82) is 0 Å². The van der Waals surface area contributed by atoms with Crippen LogP contribution in [0.25, 0.3) is 0 Å². The molecular formula is C22H34O2. The number of allylic oxidation sites excluding steroid dienone is 1. The number of carbonyl (C=O) groups excluding carboxylic acids is 1. The monoisotopic (exact) mass is 330 g/mol. The number of carbonyl (C=O) groups is 1. The van der Waals surface area contributed by atoms with E-state index >= 15 is 0 Å². The predicted molar refractivity (Wildman–Crippen MR) is 96.4 cm³/mol. The van der Waals surface area contributed by atoms with Crippen molar-refractivity contribution in [2.24, 2.45) is 40.4 Å². The second kappa shape index (κ2) is 5.69. The lowest BCUT2D eigenvalue weighted by Crippen LogP contribution is -2.51. The summed E-state index contributed by atoms with van der Waals surface area (Å²) in [5.41, 5.74) is 2.20. The topological polar surface area (TPSA) is 37.3 Å². The summed E-state index contributed by atoms with van der Waals surface area (Å²) in [7, 11) is 0.